The summed E-state index contributed by atoms with van der Waals surface area (Å²) in [4.78, 5) is 16.9. The Hall–Kier alpha value is -3.29. The van der Waals surface area contributed by atoms with E-state index in [4.69, 9.17) is 0 Å². The zero-order valence-corrected chi connectivity index (χ0v) is 16.8. The van der Waals surface area contributed by atoms with Crippen molar-refractivity contribution in [3.05, 3.63) is 54.4 Å². The van der Waals surface area contributed by atoms with E-state index in [1.807, 2.05) is 24.4 Å². The van der Waals surface area contributed by atoms with Crippen LogP contribution in [-0.4, -0.2) is 31.9 Å². The Bertz CT molecular complexity index is 1270. The molecule has 0 amide bonds. The lowest BCUT2D eigenvalue weighted by Gasteiger charge is -2.57. The zero-order valence-electron chi connectivity index (χ0n) is 16.8. The number of nitrogens with one attached hydrogen (secondary N) is 3. The number of H-pyrrole nitrogens is 1. The van der Waals surface area contributed by atoms with Gasteiger partial charge in [-0.3, -0.25) is 0 Å². The molecule has 3 N–H and O–H groups in total. The quantitative estimate of drug-likeness (QED) is 0.418. The summed E-state index contributed by atoms with van der Waals surface area (Å²) in [6.45, 7) is 0.627. The highest BCUT2D eigenvalue weighted by Crippen LogP contribution is 2.62. The lowest BCUT2D eigenvalue weighted by Crippen LogP contribution is -2.57. The Labute approximate surface area is 177 Å². The summed E-state index contributed by atoms with van der Waals surface area (Å²) >= 11 is 0. The molecule has 0 radical (unpaired) electrons. The topological polar surface area (TPSA) is 78.5 Å². The van der Waals surface area contributed by atoms with Crippen molar-refractivity contribution < 1.29 is 8.78 Å². The van der Waals surface area contributed by atoms with Gasteiger partial charge < -0.3 is 15.6 Å². The molecule has 2 aliphatic carbocycles. The van der Waals surface area contributed by atoms with Crippen LogP contribution in [0.5, 0.6) is 0 Å². The monoisotopic (exact) mass is 420 g/mol. The fraction of sp³-hybridized carbons (Fsp3) is 0.348. The minimum atomic E-state index is -2.46. The summed E-state index contributed by atoms with van der Waals surface area (Å²) in [5.74, 6) is -1.09. The number of pyridine rings is 1. The molecule has 3 heterocycles. The Kier molecular flexibility index (Phi) is 3.94. The van der Waals surface area contributed by atoms with Crippen molar-refractivity contribution >= 4 is 33.7 Å². The van der Waals surface area contributed by atoms with E-state index >= 15 is 0 Å². The number of hydrogen-bond acceptors (Lipinski definition) is 5. The van der Waals surface area contributed by atoms with Crippen LogP contribution < -0.4 is 10.6 Å². The molecule has 1 aromatic carbocycles. The molecule has 0 aliphatic heterocycles. The number of nitrogens with zero attached hydrogens (tertiary/aromatic N) is 3. The molecule has 6 nitrogen and oxygen atoms in total. The van der Waals surface area contributed by atoms with Gasteiger partial charge in [-0.2, -0.15) is 0 Å². The number of benzene rings is 1. The molecular weight excluding hydrogens is 398 g/mol. The van der Waals surface area contributed by atoms with E-state index in [0.29, 0.717) is 29.3 Å². The van der Waals surface area contributed by atoms with Crippen LogP contribution in [0.1, 0.15) is 31.2 Å². The first kappa shape index (κ1) is 18.5. The standard InChI is InChI=1S/C23H22F2N6/c24-23(25)12-22(13-23)8-16(9-22)29-19-4-3-17-21(30-19)31-20(11-27-17)28-10-14-1-2-15-5-6-26-18(15)7-14/h1-7,11,16,26H,8-10,12-13H2,(H2,28,29,30,31). The molecule has 2 saturated carbocycles. The molecule has 0 bridgehead atoms. The normalized spacial score (nSPS) is 19.3. The SMILES string of the molecule is FC1(F)CC2(CC(Nc3ccc4ncc(NCc5ccc6cc[nH]c6c5)nc4n3)C2)C1. The molecular formula is C23H22F2N6. The summed E-state index contributed by atoms with van der Waals surface area (Å²) in [6, 6.07) is 12.3. The molecule has 0 unspecified atom stereocenters. The lowest BCUT2D eigenvalue weighted by molar-refractivity contribution is -0.193. The van der Waals surface area contributed by atoms with E-state index in [1.165, 1.54) is 5.39 Å². The van der Waals surface area contributed by atoms with Crippen molar-refractivity contribution in [3.63, 3.8) is 0 Å². The third kappa shape index (κ3) is 3.45. The van der Waals surface area contributed by atoms with Crippen molar-refractivity contribution in [2.45, 2.75) is 44.2 Å². The zero-order chi connectivity index (χ0) is 21.1. The van der Waals surface area contributed by atoms with Gasteiger partial charge in [0.15, 0.2) is 5.65 Å². The molecule has 3 aromatic heterocycles. The van der Waals surface area contributed by atoms with E-state index < -0.39 is 5.92 Å². The Morgan fingerprint density at radius 3 is 2.71 bits per heavy atom. The number of alkyl halides is 2. The van der Waals surface area contributed by atoms with Crippen LogP contribution in [0.25, 0.3) is 22.1 Å². The van der Waals surface area contributed by atoms with Crippen molar-refractivity contribution in [2.75, 3.05) is 10.6 Å². The average molecular weight is 420 g/mol. The number of aromatic amines is 1. The van der Waals surface area contributed by atoms with Gasteiger partial charge in [0.1, 0.15) is 17.2 Å². The van der Waals surface area contributed by atoms with Gasteiger partial charge in [0.05, 0.1) is 6.20 Å². The first-order valence-corrected chi connectivity index (χ1v) is 10.5. The first-order valence-electron chi connectivity index (χ1n) is 10.5. The van der Waals surface area contributed by atoms with Gasteiger partial charge in [0.25, 0.3) is 0 Å². The van der Waals surface area contributed by atoms with Gasteiger partial charge in [-0.1, -0.05) is 12.1 Å². The average Bonchev–Trinajstić information content (AvgIpc) is 3.17. The highest BCUT2D eigenvalue weighted by molar-refractivity contribution is 5.80. The third-order valence-electron chi connectivity index (χ3n) is 6.48. The summed E-state index contributed by atoms with van der Waals surface area (Å²) in [5.41, 5.74) is 3.36. The maximum atomic E-state index is 13.2. The number of halogens is 2. The first-order chi connectivity index (χ1) is 15.0. The van der Waals surface area contributed by atoms with E-state index in [-0.39, 0.29) is 24.3 Å². The van der Waals surface area contributed by atoms with E-state index in [9.17, 15) is 8.78 Å². The predicted octanol–water partition coefficient (Wildman–Crippen LogP) is 5.11. The van der Waals surface area contributed by atoms with Crippen LogP contribution in [0.2, 0.25) is 0 Å². The van der Waals surface area contributed by atoms with Crippen molar-refractivity contribution in [2.24, 2.45) is 5.41 Å². The Morgan fingerprint density at radius 1 is 1.03 bits per heavy atom. The van der Waals surface area contributed by atoms with Crippen molar-refractivity contribution in [1.29, 1.82) is 0 Å². The molecule has 2 fully saturated rings. The third-order valence-corrected chi connectivity index (χ3v) is 6.48. The maximum absolute atomic E-state index is 13.2. The van der Waals surface area contributed by atoms with Crippen LogP contribution in [0.3, 0.4) is 0 Å². The smallest absolute Gasteiger partial charge is 0.249 e. The highest BCUT2D eigenvalue weighted by atomic mass is 19.3. The number of hydrogen-bond donors (Lipinski definition) is 3. The van der Waals surface area contributed by atoms with Crippen LogP contribution in [-0.2, 0) is 6.54 Å². The minimum Gasteiger partial charge on any atom is -0.367 e. The lowest BCUT2D eigenvalue weighted by atomic mass is 9.52. The van der Waals surface area contributed by atoms with Gasteiger partial charge in [0.2, 0.25) is 5.92 Å². The van der Waals surface area contributed by atoms with E-state index in [2.05, 4.69) is 48.8 Å². The summed E-state index contributed by atoms with van der Waals surface area (Å²) in [5, 5.41) is 7.85. The van der Waals surface area contributed by atoms with Gasteiger partial charge in [-0.05, 0) is 53.5 Å². The highest BCUT2D eigenvalue weighted by Gasteiger charge is 2.61. The molecule has 6 rings (SSSR count). The fourth-order valence-corrected chi connectivity index (χ4v) is 5.09. The van der Waals surface area contributed by atoms with Gasteiger partial charge in [-0.25, -0.2) is 23.7 Å². The van der Waals surface area contributed by atoms with Gasteiger partial charge >= 0.3 is 0 Å². The number of rotatable bonds is 5. The molecule has 158 valence electrons. The molecule has 8 heteroatoms. The van der Waals surface area contributed by atoms with Gasteiger partial charge in [-0.15, -0.1) is 0 Å². The molecule has 4 aromatic rings. The van der Waals surface area contributed by atoms with Crippen molar-refractivity contribution in [1.82, 2.24) is 19.9 Å². The maximum Gasteiger partial charge on any atom is 0.249 e. The Balaban J connectivity index is 1.12. The van der Waals surface area contributed by atoms with E-state index in [1.54, 1.807) is 6.20 Å². The van der Waals surface area contributed by atoms with E-state index in [0.717, 1.165) is 23.9 Å². The molecule has 2 aliphatic rings. The second kappa shape index (κ2) is 6.60. The molecule has 0 atom stereocenters. The summed E-state index contributed by atoms with van der Waals surface area (Å²) in [7, 11) is 0. The second-order valence-electron chi connectivity index (χ2n) is 9.01. The van der Waals surface area contributed by atoms with Crippen molar-refractivity contribution in [3.8, 4) is 0 Å². The Morgan fingerprint density at radius 2 is 1.87 bits per heavy atom. The molecule has 0 saturated heterocycles. The fourth-order valence-electron chi connectivity index (χ4n) is 5.09. The van der Waals surface area contributed by atoms with Crippen LogP contribution in [0.15, 0.2) is 48.8 Å². The number of fused-ring (bicyclic) bond motifs is 2. The molecule has 31 heavy (non-hydrogen) atoms. The number of aromatic nitrogens is 4. The van der Waals surface area contributed by atoms with Crippen LogP contribution in [0, 0.1) is 5.41 Å². The van der Waals surface area contributed by atoms with Gasteiger partial charge in [0, 0.05) is 37.1 Å². The molecule has 1 spiro atoms. The summed E-state index contributed by atoms with van der Waals surface area (Å²) < 4.78 is 26.4. The predicted molar refractivity (Wildman–Crippen MR) is 116 cm³/mol. The summed E-state index contributed by atoms with van der Waals surface area (Å²) in [6.07, 6.45) is 5.25. The number of anilines is 2. The largest absolute Gasteiger partial charge is 0.367 e. The minimum absolute atomic E-state index is 0.0284. The van der Waals surface area contributed by atoms with Crippen LogP contribution >= 0.6 is 0 Å². The second-order valence-corrected chi connectivity index (χ2v) is 9.01. The van der Waals surface area contributed by atoms with Crippen LogP contribution in [0.4, 0.5) is 20.4 Å².